The van der Waals surface area contributed by atoms with Crippen molar-refractivity contribution in [1.82, 2.24) is 4.90 Å². The number of urea groups is 1. The summed E-state index contributed by atoms with van der Waals surface area (Å²) in [6, 6.07) is 10.8. The Morgan fingerprint density at radius 2 is 1.77 bits per heavy atom. The molecule has 0 saturated carbocycles. The van der Waals surface area contributed by atoms with Gasteiger partial charge >= 0.3 is 12.0 Å². The second kappa shape index (κ2) is 10.2. The number of para-hydroxylation sites is 1. The van der Waals surface area contributed by atoms with Gasteiger partial charge in [-0.3, -0.25) is 4.79 Å². The molecule has 7 heteroatoms. The smallest absolute Gasteiger partial charge is 0.322 e. The molecule has 1 N–H and O–H groups in total. The number of nitrogens with one attached hydrogen (secondary N) is 1. The monoisotopic (exact) mass is 426 g/mol. The number of ether oxygens (including phenoxy) is 3. The molecule has 2 amide bonds. The first-order chi connectivity index (χ1) is 15.0. The third kappa shape index (κ3) is 5.10. The van der Waals surface area contributed by atoms with Crippen LogP contribution in [0.4, 0.5) is 10.5 Å². The van der Waals surface area contributed by atoms with Crippen LogP contribution >= 0.6 is 0 Å². The molecule has 1 atom stereocenters. The van der Waals surface area contributed by atoms with E-state index < -0.39 is 6.04 Å². The van der Waals surface area contributed by atoms with E-state index >= 15 is 0 Å². The van der Waals surface area contributed by atoms with Gasteiger partial charge in [-0.25, -0.2) is 4.79 Å². The Morgan fingerprint density at radius 1 is 1.10 bits per heavy atom. The molecule has 3 rings (SSSR count). The summed E-state index contributed by atoms with van der Waals surface area (Å²) in [4.78, 5) is 27.1. The average Bonchev–Trinajstić information content (AvgIpc) is 2.76. The van der Waals surface area contributed by atoms with E-state index in [2.05, 4.69) is 5.32 Å². The van der Waals surface area contributed by atoms with Crippen LogP contribution < -0.4 is 14.8 Å². The molecule has 0 radical (unpaired) electrons. The molecule has 0 aliphatic carbocycles. The minimum Gasteiger partial charge on any atom is -0.490 e. The van der Waals surface area contributed by atoms with E-state index in [9.17, 15) is 9.59 Å². The lowest BCUT2D eigenvalue weighted by Gasteiger charge is -2.37. The van der Waals surface area contributed by atoms with Crippen LogP contribution in [0.2, 0.25) is 0 Å². The highest BCUT2D eigenvalue weighted by atomic mass is 16.5. The average molecular weight is 427 g/mol. The van der Waals surface area contributed by atoms with Gasteiger partial charge in [-0.2, -0.15) is 0 Å². The third-order valence-electron chi connectivity index (χ3n) is 5.40. The summed E-state index contributed by atoms with van der Waals surface area (Å²) >= 11 is 0. The van der Waals surface area contributed by atoms with Gasteiger partial charge in [0.2, 0.25) is 0 Å². The van der Waals surface area contributed by atoms with Crippen LogP contribution in [-0.2, 0) is 16.0 Å². The number of hydrogen-bond acceptors (Lipinski definition) is 5. The van der Waals surface area contributed by atoms with E-state index in [1.807, 2.05) is 57.2 Å². The molecule has 0 fully saturated rings. The third-order valence-corrected chi connectivity index (χ3v) is 5.40. The molecule has 166 valence electrons. The first kappa shape index (κ1) is 22.5. The van der Waals surface area contributed by atoms with Gasteiger partial charge in [-0.15, -0.1) is 0 Å². The first-order valence-corrected chi connectivity index (χ1v) is 10.6. The number of benzene rings is 2. The predicted octanol–water partition coefficient (Wildman–Crippen LogP) is 4.49. The highest BCUT2D eigenvalue weighted by Crippen LogP contribution is 2.40. The number of methoxy groups -OCH3 is 1. The summed E-state index contributed by atoms with van der Waals surface area (Å²) in [5.74, 6) is 0.912. The van der Waals surface area contributed by atoms with Crippen LogP contribution in [0.3, 0.4) is 0 Å². The fourth-order valence-electron chi connectivity index (χ4n) is 3.85. The summed E-state index contributed by atoms with van der Waals surface area (Å²) < 4.78 is 16.5. The standard InChI is InChI=1S/C24H30N2O5/c1-5-30-21-13-17-11-12-26(24(28)25-19-10-8-7-9-16(19)3)20(15-23(27)29-4)18(17)14-22(21)31-6-2/h7-10,13-14,20H,5-6,11-12,15H2,1-4H3,(H,25,28)/t20-/m1/s1. The first-order valence-electron chi connectivity index (χ1n) is 10.6. The molecule has 0 aromatic heterocycles. The van der Waals surface area contributed by atoms with Crippen LogP contribution in [0.15, 0.2) is 36.4 Å². The highest BCUT2D eigenvalue weighted by molar-refractivity contribution is 5.91. The molecule has 0 unspecified atom stereocenters. The fourth-order valence-corrected chi connectivity index (χ4v) is 3.85. The molecule has 1 heterocycles. The van der Waals surface area contributed by atoms with Crippen LogP contribution in [-0.4, -0.2) is 43.8 Å². The van der Waals surface area contributed by atoms with E-state index in [0.717, 1.165) is 22.4 Å². The molecular weight excluding hydrogens is 396 g/mol. The Labute approximate surface area is 183 Å². The van der Waals surface area contributed by atoms with E-state index in [4.69, 9.17) is 14.2 Å². The topological polar surface area (TPSA) is 77.1 Å². The maximum Gasteiger partial charge on any atom is 0.322 e. The number of fused-ring (bicyclic) bond motifs is 1. The van der Waals surface area contributed by atoms with Crippen LogP contribution in [0.25, 0.3) is 0 Å². The lowest BCUT2D eigenvalue weighted by atomic mass is 9.90. The van der Waals surface area contributed by atoms with Crippen molar-refractivity contribution in [3.63, 3.8) is 0 Å². The molecule has 2 aromatic rings. The van der Waals surface area contributed by atoms with Crippen molar-refractivity contribution < 1.29 is 23.8 Å². The number of rotatable bonds is 7. The Bertz CT molecular complexity index is 944. The summed E-state index contributed by atoms with van der Waals surface area (Å²) in [5.41, 5.74) is 3.64. The molecule has 1 aliphatic heterocycles. The normalized spacial score (nSPS) is 15.1. The quantitative estimate of drug-likeness (QED) is 0.660. The SMILES string of the molecule is CCOc1cc2c(cc1OCC)[C@@H](CC(=O)OC)N(C(=O)Nc1ccccc1C)CC2. The summed E-state index contributed by atoms with van der Waals surface area (Å²) in [7, 11) is 1.35. The number of carbonyl (C=O) groups is 2. The number of nitrogens with zero attached hydrogens (tertiary/aromatic N) is 1. The fraction of sp³-hybridized carbons (Fsp3) is 0.417. The van der Waals surface area contributed by atoms with E-state index in [1.54, 1.807) is 4.90 Å². The van der Waals surface area contributed by atoms with Gasteiger partial charge in [0, 0.05) is 12.2 Å². The Balaban J connectivity index is 1.97. The van der Waals surface area contributed by atoms with Crippen molar-refractivity contribution in [3.05, 3.63) is 53.1 Å². The number of anilines is 1. The van der Waals surface area contributed by atoms with Gasteiger partial charge in [0.1, 0.15) is 0 Å². The Morgan fingerprint density at radius 3 is 2.42 bits per heavy atom. The second-order valence-electron chi connectivity index (χ2n) is 7.35. The number of aryl methyl sites for hydroxylation is 1. The van der Waals surface area contributed by atoms with Crippen LogP contribution in [0.1, 0.15) is 43.0 Å². The summed E-state index contributed by atoms with van der Waals surface area (Å²) in [6.07, 6.45) is 0.713. The molecule has 0 spiro atoms. The van der Waals surface area contributed by atoms with Crippen LogP contribution in [0.5, 0.6) is 11.5 Å². The van der Waals surface area contributed by atoms with Gasteiger partial charge in [0.15, 0.2) is 11.5 Å². The zero-order chi connectivity index (χ0) is 22.4. The summed E-state index contributed by atoms with van der Waals surface area (Å²) in [5, 5.41) is 2.98. The second-order valence-corrected chi connectivity index (χ2v) is 7.35. The number of esters is 1. The molecular formula is C24H30N2O5. The largest absolute Gasteiger partial charge is 0.490 e. The predicted molar refractivity (Wildman–Crippen MR) is 119 cm³/mol. The molecule has 1 aliphatic rings. The number of amides is 2. The Kier molecular flexibility index (Phi) is 7.39. The van der Waals surface area contributed by atoms with Crippen molar-refractivity contribution >= 4 is 17.7 Å². The van der Waals surface area contributed by atoms with Crippen molar-refractivity contribution in [1.29, 1.82) is 0 Å². The van der Waals surface area contributed by atoms with Crippen molar-refractivity contribution in [2.45, 2.75) is 39.7 Å². The molecule has 0 bridgehead atoms. The highest BCUT2D eigenvalue weighted by Gasteiger charge is 2.34. The van der Waals surface area contributed by atoms with Crippen molar-refractivity contribution in [2.24, 2.45) is 0 Å². The summed E-state index contributed by atoms with van der Waals surface area (Å²) in [6.45, 7) is 7.26. The maximum atomic E-state index is 13.2. The lowest BCUT2D eigenvalue weighted by Crippen LogP contribution is -2.43. The van der Waals surface area contributed by atoms with Crippen LogP contribution in [0, 0.1) is 6.92 Å². The number of carbonyl (C=O) groups excluding carboxylic acids is 2. The minimum atomic E-state index is -0.463. The van der Waals surface area contributed by atoms with Gasteiger partial charge in [-0.1, -0.05) is 18.2 Å². The van der Waals surface area contributed by atoms with E-state index in [0.29, 0.717) is 37.7 Å². The minimum absolute atomic E-state index is 0.0598. The van der Waals surface area contributed by atoms with Gasteiger partial charge in [0.05, 0.1) is 32.8 Å². The molecule has 2 aromatic carbocycles. The zero-order valence-electron chi connectivity index (χ0n) is 18.6. The molecule has 0 saturated heterocycles. The Hall–Kier alpha value is -3.22. The van der Waals surface area contributed by atoms with Gasteiger partial charge < -0.3 is 24.4 Å². The van der Waals surface area contributed by atoms with Crippen molar-refractivity contribution in [3.8, 4) is 11.5 Å². The van der Waals surface area contributed by atoms with E-state index in [1.165, 1.54) is 7.11 Å². The van der Waals surface area contributed by atoms with Gasteiger partial charge in [0.25, 0.3) is 0 Å². The molecule has 31 heavy (non-hydrogen) atoms. The lowest BCUT2D eigenvalue weighted by molar-refractivity contribution is -0.141. The molecule has 7 nitrogen and oxygen atoms in total. The zero-order valence-corrected chi connectivity index (χ0v) is 18.6. The van der Waals surface area contributed by atoms with E-state index in [-0.39, 0.29) is 18.4 Å². The maximum absolute atomic E-state index is 13.2. The van der Waals surface area contributed by atoms with Crippen molar-refractivity contribution in [2.75, 3.05) is 32.2 Å². The van der Waals surface area contributed by atoms with Gasteiger partial charge in [-0.05, 0) is 62.1 Å². The number of hydrogen-bond donors (Lipinski definition) is 1.